The zero-order chi connectivity index (χ0) is 22.9. The van der Waals surface area contributed by atoms with Gasteiger partial charge in [0.1, 0.15) is 11.5 Å². The van der Waals surface area contributed by atoms with Gasteiger partial charge in [-0.25, -0.2) is 0 Å². The third-order valence-corrected chi connectivity index (χ3v) is 4.58. The van der Waals surface area contributed by atoms with Gasteiger partial charge in [-0.1, -0.05) is 0 Å². The van der Waals surface area contributed by atoms with Crippen molar-refractivity contribution in [2.75, 3.05) is 19.5 Å². The van der Waals surface area contributed by atoms with Crippen LogP contribution in [0.4, 0.5) is 18.9 Å². The number of carbonyl (C=O) groups excluding carboxylic acids is 1. The lowest BCUT2D eigenvalue weighted by Crippen LogP contribution is -2.30. The molecule has 3 rings (SSSR count). The molecule has 31 heavy (non-hydrogen) atoms. The Kier molecular flexibility index (Phi) is 5.96. The predicted molar refractivity (Wildman–Crippen MR) is 107 cm³/mol. The summed E-state index contributed by atoms with van der Waals surface area (Å²) in [5, 5.41) is 6.51. The van der Waals surface area contributed by atoms with Crippen molar-refractivity contribution in [3.63, 3.8) is 0 Å². The maximum atomic E-state index is 13.6. The predicted octanol–water partition coefficient (Wildman–Crippen LogP) is 3.72. The van der Waals surface area contributed by atoms with E-state index in [9.17, 15) is 18.0 Å². The number of methoxy groups -OCH3 is 2. The van der Waals surface area contributed by atoms with E-state index in [1.807, 2.05) is 0 Å². The van der Waals surface area contributed by atoms with Gasteiger partial charge in [-0.15, -0.1) is 0 Å². The van der Waals surface area contributed by atoms with Crippen molar-refractivity contribution in [1.82, 2.24) is 14.8 Å². The number of aryl methyl sites for hydroxylation is 2. The van der Waals surface area contributed by atoms with E-state index < -0.39 is 23.8 Å². The number of pyridine rings is 1. The zero-order valence-corrected chi connectivity index (χ0v) is 17.5. The van der Waals surface area contributed by atoms with Crippen LogP contribution in [-0.2, 0) is 18.0 Å². The summed E-state index contributed by atoms with van der Waals surface area (Å²) in [7, 11) is 4.39. The number of nitrogens with zero attached hydrogens (tertiary/aromatic N) is 3. The normalized spacial score (nSPS) is 12.5. The molecule has 11 heteroatoms. The second-order valence-electron chi connectivity index (χ2n) is 6.73. The molecule has 0 fully saturated rings. The molecule has 2 aromatic heterocycles. The van der Waals surface area contributed by atoms with Crippen LogP contribution in [0.15, 0.2) is 24.3 Å². The lowest BCUT2D eigenvalue weighted by atomic mass is 10.1. The average Bonchev–Trinajstić information content (AvgIpc) is 3.00. The van der Waals surface area contributed by atoms with Crippen molar-refractivity contribution >= 4 is 22.6 Å². The summed E-state index contributed by atoms with van der Waals surface area (Å²) in [4.78, 5) is 16.7. The van der Waals surface area contributed by atoms with Gasteiger partial charge in [0, 0.05) is 19.2 Å². The second-order valence-corrected chi connectivity index (χ2v) is 6.73. The van der Waals surface area contributed by atoms with E-state index in [0.29, 0.717) is 17.2 Å². The van der Waals surface area contributed by atoms with Crippen LogP contribution < -0.4 is 19.5 Å². The van der Waals surface area contributed by atoms with E-state index in [-0.39, 0.29) is 22.6 Å². The summed E-state index contributed by atoms with van der Waals surface area (Å²) in [5.74, 6) is -0.0879. The number of halogens is 3. The number of carbonyl (C=O) groups is 1. The molecule has 2 heterocycles. The Morgan fingerprint density at radius 1 is 1.19 bits per heavy atom. The van der Waals surface area contributed by atoms with Crippen molar-refractivity contribution in [2.45, 2.75) is 26.1 Å². The van der Waals surface area contributed by atoms with Gasteiger partial charge in [-0.05, 0) is 26.0 Å². The SMILES string of the molecule is COc1ccc(OC)c(NC(=O)[C@@H](C)Oc2cc(C(F)(F)F)c3c(C)nn(C)c3n2)c1. The number of nitrogens with one attached hydrogen (secondary N) is 1. The first-order chi connectivity index (χ1) is 14.5. The molecule has 0 unspecified atom stereocenters. The molecule has 0 aliphatic carbocycles. The Labute approximate surface area is 175 Å². The highest BCUT2D eigenvalue weighted by Gasteiger charge is 2.36. The number of benzene rings is 1. The molecule has 1 aromatic carbocycles. The van der Waals surface area contributed by atoms with Gasteiger partial charge in [-0.3, -0.25) is 9.48 Å². The van der Waals surface area contributed by atoms with Gasteiger partial charge in [0.25, 0.3) is 5.91 Å². The van der Waals surface area contributed by atoms with Gasteiger partial charge in [-0.2, -0.15) is 23.3 Å². The molecule has 166 valence electrons. The fraction of sp³-hybridized carbons (Fsp3) is 0.350. The summed E-state index contributed by atoms with van der Waals surface area (Å²) >= 11 is 0. The van der Waals surface area contributed by atoms with E-state index in [4.69, 9.17) is 14.2 Å². The molecule has 3 aromatic rings. The topological polar surface area (TPSA) is 87.5 Å². The van der Waals surface area contributed by atoms with Crippen LogP contribution in [0.3, 0.4) is 0 Å². The summed E-state index contributed by atoms with van der Waals surface area (Å²) in [5.41, 5.74) is -0.409. The highest BCUT2D eigenvalue weighted by Crippen LogP contribution is 2.37. The molecule has 0 saturated carbocycles. The molecule has 1 atom stereocenters. The third kappa shape index (κ3) is 4.49. The molecule has 1 amide bonds. The van der Waals surface area contributed by atoms with Gasteiger partial charge in [0.2, 0.25) is 5.88 Å². The summed E-state index contributed by atoms with van der Waals surface area (Å²) in [6, 6.07) is 5.58. The summed E-state index contributed by atoms with van der Waals surface area (Å²) in [6.07, 6.45) is -5.80. The first-order valence-corrected chi connectivity index (χ1v) is 9.16. The summed E-state index contributed by atoms with van der Waals surface area (Å²) in [6.45, 7) is 2.87. The molecular formula is C20H21F3N4O4. The first kappa shape index (κ1) is 22.2. The number of ether oxygens (including phenoxy) is 3. The van der Waals surface area contributed by atoms with Crippen LogP contribution in [0.25, 0.3) is 11.0 Å². The average molecular weight is 438 g/mol. The van der Waals surface area contributed by atoms with Gasteiger partial charge < -0.3 is 19.5 Å². The van der Waals surface area contributed by atoms with Gasteiger partial charge >= 0.3 is 6.18 Å². The standard InChI is InChI=1S/C20H21F3N4O4/c1-10-17-13(20(21,22)23)9-16(25-18(17)27(3)26-10)31-11(2)19(28)24-14-8-12(29-4)6-7-15(14)30-5/h6-9,11H,1-5H3,(H,24,28)/t11-/m1/s1. The quantitative estimate of drug-likeness (QED) is 0.631. The second kappa shape index (κ2) is 8.32. The van der Waals surface area contributed by atoms with Gasteiger partial charge in [0.15, 0.2) is 11.8 Å². The molecule has 8 nitrogen and oxygen atoms in total. The smallest absolute Gasteiger partial charge is 0.417 e. The Balaban J connectivity index is 1.89. The lowest BCUT2D eigenvalue weighted by molar-refractivity contribution is -0.136. The van der Waals surface area contributed by atoms with E-state index in [1.165, 1.54) is 39.8 Å². The molecule has 0 radical (unpaired) electrons. The number of hydrogen-bond acceptors (Lipinski definition) is 6. The summed E-state index contributed by atoms with van der Waals surface area (Å²) < 4.78 is 57.8. The van der Waals surface area contributed by atoms with Crippen molar-refractivity contribution in [3.8, 4) is 17.4 Å². The fourth-order valence-electron chi connectivity index (χ4n) is 3.09. The Hall–Kier alpha value is -3.50. The van der Waals surface area contributed by atoms with Crippen LogP contribution in [0, 0.1) is 6.92 Å². The number of fused-ring (bicyclic) bond motifs is 1. The van der Waals surface area contributed by atoms with Crippen LogP contribution in [0.1, 0.15) is 18.2 Å². The largest absolute Gasteiger partial charge is 0.497 e. The monoisotopic (exact) mass is 438 g/mol. The number of hydrogen-bond donors (Lipinski definition) is 1. The molecular weight excluding hydrogens is 417 g/mol. The Morgan fingerprint density at radius 3 is 2.52 bits per heavy atom. The van der Waals surface area contributed by atoms with E-state index >= 15 is 0 Å². The first-order valence-electron chi connectivity index (χ1n) is 9.16. The van der Waals surface area contributed by atoms with Crippen LogP contribution in [0.2, 0.25) is 0 Å². The van der Waals surface area contributed by atoms with Crippen molar-refractivity contribution in [1.29, 1.82) is 0 Å². The zero-order valence-electron chi connectivity index (χ0n) is 17.5. The maximum absolute atomic E-state index is 13.6. The molecule has 0 aliphatic rings. The van der Waals surface area contributed by atoms with Crippen LogP contribution in [-0.4, -0.2) is 41.0 Å². The Bertz CT molecular complexity index is 1130. The minimum absolute atomic E-state index is 0.00407. The van der Waals surface area contributed by atoms with E-state index in [1.54, 1.807) is 18.2 Å². The fourth-order valence-corrected chi connectivity index (χ4v) is 3.09. The molecule has 1 N–H and O–H groups in total. The number of amides is 1. The maximum Gasteiger partial charge on any atom is 0.417 e. The highest BCUT2D eigenvalue weighted by atomic mass is 19.4. The van der Waals surface area contributed by atoms with Crippen molar-refractivity contribution in [2.24, 2.45) is 7.05 Å². The third-order valence-electron chi connectivity index (χ3n) is 4.58. The van der Waals surface area contributed by atoms with Crippen molar-refractivity contribution in [3.05, 3.63) is 35.5 Å². The number of aromatic nitrogens is 3. The minimum Gasteiger partial charge on any atom is -0.497 e. The molecule has 0 bridgehead atoms. The van der Waals surface area contributed by atoms with Crippen LogP contribution in [0.5, 0.6) is 17.4 Å². The highest BCUT2D eigenvalue weighted by molar-refractivity contribution is 5.95. The van der Waals surface area contributed by atoms with E-state index in [2.05, 4.69) is 15.4 Å². The van der Waals surface area contributed by atoms with E-state index in [0.717, 1.165) is 6.07 Å². The number of anilines is 1. The van der Waals surface area contributed by atoms with Crippen molar-refractivity contribution < 1.29 is 32.2 Å². The molecule has 0 saturated heterocycles. The molecule has 0 spiro atoms. The van der Waals surface area contributed by atoms with Crippen LogP contribution >= 0.6 is 0 Å². The Morgan fingerprint density at radius 2 is 1.90 bits per heavy atom. The number of rotatable bonds is 6. The minimum atomic E-state index is -4.65. The molecule has 0 aliphatic heterocycles. The number of alkyl halides is 3. The lowest BCUT2D eigenvalue weighted by Gasteiger charge is -2.17. The van der Waals surface area contributed by atoms with Gasteiger partial charge in [0.05, 0.1) is 36.6 Å².